The van der Waals surface area contributed by atoms with Gasteiger partial charge in [0.15, 0.2) is 5.13 Å². The summed E-state index contributed by atoms with van der Waals surface area (Å²) in [4.78, 5) is 47.7. The van der Waals surface area contributed by atoms with Gasteiger partial charge in [-0.25, -0.2) is 4.98 Å². The van der Waals surface area contributed by atoms with Gasteiger partial charge >= 0.3 is 6.18 Å². The Morgan fingerprint density at radius 2 is 1.73 bits per heavy atom. The second-order valence-corrected chi connectivity index (χ2v) is 10.5. The fourth-order valence-electron chi connectivity index (χ4n) is 4.35. The van der Waals surface area contributed by atoms with Crippen LogP contribution in [0.1, 0.15) is 35.5 Å². The van der Waals surface area contributed by atoms with E-state index in [1.807, 2.05) is 24.8 Å². The number of nitrogens with one attached hydrogen (secondary N) is 1. The quantitative estimate of drug-likeness (QED) is 0.428. The number of hydrogen-bond donors (Lipinski definition) is 1. The van der Waals surface area contributed by atoms with Gasteiger partial charge in [0.05, 0.1) is 17.7 Å². The first-order valence-corrected chi connectivity index (χ1v) is 13.7. The van der Waals surface area contributed by atoms with E-state index in [9.17, 15) is 27.6 Å². The van der Waals surface area contributed by atoms with Crippen LogP contribution in [0.2, 0.25) is 0 Å². The lowest BCUT2D eigenvalue weighted by Crippen LogP contribution is -2.49. The Morgan fingerprint density at radius 3 is 2.38 bits per heavy atom. The Hall–Kier alpha value is -3.93. The molecule has 2 heterocycles. The van der Waals surface area contributed by atoms with Gasteiger partial charge in [0.1, 0.15) is 6.54 Å². The fourth-order valence-corrected chi connectivity index (χ4v) is 5.08. The highest BCUT2D eigenvalue weighted by atomic mass is 32.1. The maximum absolute atomic E-state index is 13.0. The van der Waals surface area contributed by atoms with Gasteiger partial charge in [-0.2, -0.15) is 13.2 Å². The van der Waals surface area contributed by atoms with Gasteiger partial charge in [-0.1, -0.05) is 24.3 Å². The summed E-state index contributed by atoms with van der Waals surface area (Å²) < 4.78 is 39.1. The third kappa shape index (κ3) is 7.38. The Labute approximate surface area is 234 Å². The standard InChI is InChI=1S/C28H30F3N5O3S/c1-19(2)36(26(39)20-7-4-3-5-8-20)17-24(37)33-27-32-22(18-40-27)16-25(38)35-13-11-34(12-14-35)23-10-6-9-21(15-23)28(29,30)31/h3-10,15,18-19H,11-14,16-17H2,1-2H3,(H,32,33,37). The molecule has 1 aliphatic heterocycles. The molecule has 1 fully saturated rings. The number of carbonyl (C=O) groups excluding carboxylic acids is 3. The zero-order chi connectivity index (χ0) is 28.9. The van der Waals surface area contributed by atoms with Crippen LogP contribution in [-0.2, 0) is 22.2 Å². The summed E-state index contributed by atoms with van der Waals surface area (Å²) in [7, 11) is 0. The van der Waals surface area contributed by atoms with Crippen LogP contribution in [0.15, 0.2) is 60.0 Å². The molecule has 0 aliphatic carbocycles. The minimum atomic E-state index is -4.41. The van der Waals surface area contributed by atoms with Gasteiger partial charge in [0.2, 0.25) is 11.8 Å². The molecular formula is C28H30F3N5O3S. The highest BCUT2D eigenvalue weighted by Gasteiger charge is 2.31. The van der Waals surface area contributed by atoms with E-state index in [4.69, 9.17) is 0 Å². The van der Waals surface area contributed by atoms with E-state index >= 15 is 0 Å². The van der Waals surface area contributed by atoms with E-state index in [1.165, 1.54) is 22.3 Å². The van der Waals surface area contributed by atoms with E-state index in [2.05, 4.69) is 10.3 Å². The molecular weight excluding hydrogens is 543 g/mol. The van der Waals surface area contributed by atoms with E-state index < -0.39 is 17.6 Å². The maximum atomic E-state index is 13.0. The molecule has 8 nitrogen and oxygen atoms in total. The van der Waals surface area contributed by atoms with Crippen molar-refractivity contribution in [2.45, 2.75) is 32.5 Å². The first kappa shape index (κ1) is 29.1. The number of thiazole rings is 1. The van der Waals surface area contributed by atoms with Crippen LogP contribution in [0.5, 0.6) is 0 Å². The summed E-state index contributed by atoms with van der Waals surface area (Å²) >= 11 is 1.19. The Balaban J connectivity index is 1.28. The summed E-state index contributed by atoms with van der Waals surface area (Å²) in [5.74, 6) is -0.786. The van der Waals surface area contributed by atoms with Crippen molar-refractivity contribution in [1.82, 2.24) is 14.8 Å². The lowest BCUT2D eigenvalue weighted by molar-refractivity contribution is -0.137. The monoisotopic (exact) mass is 573 g/mol. The molecule has 12 heteroatoms. The second-order valence-electron chi connectivity index (χ2n) is 9.68. The number of benzene rings is 2. The number of carbonyl (C=O) groups is 3. The number of nitrogens with zero attached hydrogens (tertiary/aromatic N) is 4. The largest absolute Gasteiger partial charge is 0.416 e. The Morgan fingerprint density at radius 1 is 1.02 bits per heavy atom. The molecule has 0 radical (unpaired) electrons. The summed E-state index contributed by atoms with van der Waals surface area (Å²) in [6.45, 7) is 5.11. The van der Waals surface area contributed by atoms with Crippen molar-refractivity contribution in [3.05, 3.63) is 76.8 Å². The van der Waals surface area contributed by atoms with Crippen LogP contribution in [0.25, 0.3) is 0 Å². The van der Waals surface area contributed by atoms with Gasteiger partial charge < -0.3 is 20.0 Å². The van der Waals surface area contributed by atoms with Crippen LogP contribution in [0.3, 0.4) is 0 Å². The molecule has 0 spiro atoms. The smallest absolute Gasteiger partial charge is 0.368 e. The number of piperazine rings is 1. The molecule has 0 saturated carbocycles. The van der Waals surface area contributed by atoms with E-state index in [-0.39, 0.29) is 30.8 Å². The third-order valence-electron chi connectivity index (χ3n) is 6.52. The molecule has 2 aromatic carbocycles. The number of hydrogen-bond acceptors (Lipinski definition) is 6. The first-order valence-electron chi connectivity index (χ1n) is 12.8. The van der Waals surface area contributed by atoms with E-state index in [0.717, 1.165) is 12.1 Å². The van der Waals surface area contributed by atoms with Gasteiger partial charge in [-0.15, -0.1) is 11.3 Å². The molecule has 0 unspecified atom stereocenters. The molecule has 212 valence electrons. The molecule has 1 N–H and O–H groups in total. The van der Waals surface area contributed by atoms with Gasteiger partial charge in [-0.05, 0) is 44.2 Å². The number of rotatable bonds is 8. The summed E-state index contributed by atoms with van der Waals surface area (Å²) in [6, 6.07) is 13.7. The van der Waals surface area contributed by atoms with Crippen molar-refractivity contribution < 1.29 is 27.6 Å². The predicted molar refractivity (Wildman–Crippen MR) is 147 cm³/mol. The topological polar surface area (TPSA) is 85.8 Å². The maximum Gasteiger partial charge on any atom is 0.416 e. The molecule has 40 heavy (non-hydrogen) atoms. The van der Waals surface area contributed by atoms with E-state index in [1.54, 1.807) is 40.6 Å². The van der Waals surface area contributed by atoms with Crippen molar-refractivity contribution >= 4 is 39.9 Å². The third-order valence-corrected chi connectivity index (χ3v) is 7.33. The minimum Gasteiger partial charge on any atom is -0.368 e. The summed E-state index contributed by atoms with van der Waals surface area (Å²) in [5.41, 5.74) is 0.777. The van der Waals surface area contributed by atoms with Crippen molar-refractivity contribution in [3.63, 3.8) is 0 Å². The molecule has 3 aromatic rings. The lowest BCUT2D eigenvalue weighted by atomic mass is 10.1. The van der Waals surface area contributed by atoms with Crippen LogP contribution in [0.4, 0.5) is 24.0 Å². The number of alkyl halides is 3. The van der Waals surface area contributed by atoms with Crippen molar-refractivity contribution in [2.75, 3.05) is 42.9 Å². The normalized spacial score (nSPS) is 13.8. The second kappa shape index (κ2) is 12.5. The number of amides is 3. The van der Waals surface area contributed by atoms with Gasteiger partial charge in [0.25, 0.3) is 5.91 Å². The highest BCUT2D eigenvalue weighted by Crippen LogP contribution is 2.32. The zero-order valence-corrected chi connectivity index (χ0v) is 23.0. The van der Waals surface area contributed by atoms with Crippen LogP contribution in [-0.4, -0.2) is 71.3 Å². The number of halogens is 3. The molecule has 3 amide bonds. The highest BCUT2D eigenvalue weighted by molar-refractivity contribution is 7.13. The average Bonchev–Trinajstić information content (AvgIpc) is 3.37. The van der Waals surface area contributed by atoms with Crippen LogP contribution < -0.4 is 10.2 Å². The molecule has 4 rings (SSSR count). The Bertz CT molecular complexity index is 1340. The molecule has 1 saturated heterocycles. The van der Waals surface area contributed by atoms with Gasteiger partial charge in [-0.3, -0.25) is 14.4 Å². The molecule has 1 aliphatic rings. The number of anilines is 2. The SMILES string of the molecule is CC(C)N(CC(=O)Nc1nc(CC(=O)N2CCN(c3cccc(C(F)(F)F)c3)CC2)cs1)C(=O)c1ccccc1. The summed E-state index contributed by atoms with van der Waals surface area (Å²) in [5, 5.41) is 4.74. The van der Waals surface area contributed by atoms with Crippen LogP contribution in [0, 0.1) is 0 Å². The predicted octanol–water partition coefficient (Wildman–Crippen LogP) is 4.54. The molecule has 1 aromatic heterocycles. The summed E-state index contributed by atoms with van der Waals surface area (Å²) in [6.07, 6.45) is -4.37. The molecule has 0 atom stereocenters. The van der Waals surface area contributed by atoms with Gasteiger partial charge in [0, 0.05) is 48.9 Å². The Kier molecular flexibility index (Phi) is 9.08. The van der Waals surface area contributed by atoms with Crippen molar-refractivity contribution in [2.24, 2.45) is 0 Å². The van der Waals surface area contributed by atoms with Crippen molar-refractivity contribution in [1.29, 1.82) is 0 Å². The lowest BCUT2D eigenvalue weighted by Gasteiger charge is -2.36. The van der Waals surface area contributed by atoms with E-state index in [0.29, 0.717) is 48.3 Å². The average molecular weight is 574 g/mol. The molecule has 0 bridgehead atoms. The van der Waals surface area contributed by atoms with Crippen molar-refractivity contribution in [3.8, 4) is 0 Å². The zero-order valence-electron chi connectivity index (χ0n) is 22.1. The number of aromatic nitrogens is 1. The van der Waals surface area contributed by atoms with Crippen LogP contribution >= 0.6 is 11.3 Å². The first-order chi connectivity index (χ1) is 19.0. The minimum absolute atomic E-state index is 0.0422. The fraction of sp³-hybridized carbons (Fsp3) is 0.357.